The first kappa shape index (κ1) is 18.5. The number of aromatic nitrogens is 3. The van der Waals surface area contributed by atoms with Crippen LogP contribution in [0.2, 0.25) is 0 Å². The van der Waals surface area contributed by atoms with Crippen molar-refractivity contribution >= 4 is 34.0 Å². The predicted octanol–water partition coefficient (Wildman–Crippen LogP) is 5.68. The van der Waals surface area contributed by atoms with Crippen LogP contribution in [0.3, 0.4) is 0 Å². The van der Waals surface area contributed by atoms with Crippen LogP contribution in [0.5, 0.6) is 0 Å². The molecule has 2 aromatic heterocycles. The molecule has 0 aliphatic heterocycles. The molecule has 7 heteroatoms. The number of benzene rings is 2. The number of anilines is 1. The van der Waals surface area contributed by atoms with Crippen LogP contribution < -0.4 is 5.32 Å². The Morgan fingerprint density at radius 2 is 1.66 bits per heavy atom. The Balaban J connectivity index is 1.45. The molecule has 29 heavy (non-hydrogen) atoms. The Hall–Kier alpha value is -3.87. The SMILES string of the molecule is CC(C)n1ncc2cc(C(=O)Nc3ccc(N=Nc4ccccc4)cc3)cnc21. The zero-order chi connectivity index (χ0) is 20.2. The van der Waals surface area contributed by atoms with Crippen molar-refractivity contribution in [1.29, 1.82) is 0 Å². The Kier molecular flexibility index (Phi) is 5.11. The highest BCUT2D eigenvalue weighted by Crippen LogP contribution is 2.21. The quantitative estimate of drug-likeness (QED) is 0.449. The van der Waals surface area contributed by atoms with E-state index >= 15 is 0 Å². The summed E-state index contributed by atoms with van der Waals surface area (Å²) in [6.07, 6.45) is 3.30. The normalized spacial score (nSPS) is 11.4. The second-order valence-electron chi connectivity index (χ2n) is 6.86. The van der Waals surface area contributed by atoms with E-state index in [2.05, 4.69) is 25.6 Å². The van der Waals surface area contributed by atoms with E-state index in [9.17, 15) is 4.79 Å². The fourth-order valence-corrected chi connectivity index (χ4v) is 2.87. The molecule has 0 saturated carbocycles. The van der Waals surface area contributed by atoms with Gasteiger partial charge in [0.15, 0.2) is 5.65 Å². The molecule has 0 unspecified atom stereocenters. The molecule has 0 atom stereocenters. The van der Waals surface area contributed by atoms with Crippen LogP contribution >= 0.6 is 0 Å². The lowest BCUT2D eigenvalue weighted by Gasteiger charge is -2.07. The van der Waals surface area contributed by atoms with Gasteiger partial charge in [-0.15, -0.1) is 0 Å². The molecule has 4 rings (SSSR count). The van der Waals surface area contributed by atoms with E-state index in [1.807, 2.05) is 48.9 Å². The number of nitrogens with one attached hydrogen (secondary N) is 1. The summed E-state index contributed by atoms with van der Waals surface area (Å²) in [4.78, 5) is 17.0. The van der Waals surface area contributed by atoms with Crippen LogP contribution in [0.4, 0.5) is 17.1 Å². The number of hydrogen-bond donors (Lipinski definition) is 1. The van der Waals surface area contributed by atoms with Gasteiger partial charge in [0.2, 0.25) is 0 Å². The summed E-state index contributed by atoms with van der Waals surface area (Å²) in [5.41, 5.74) is 3.41. The highest BCUT2D eigenvalue weighted by molar-refractivity contribution is 6.05. The van der Waals surface area contributed by atoms with Gasteiger partial charge < -0.3 is 5.32 Å². The summed E-state index contributed by atoms with van der Waals surface area (Å²) < 4.78 is 1.83. The van der Waals surface area contributed by atoms with Gasteiger partial charge in [0.25, 0.3) is 5.91 Å². The van der Waals surface area contributed by atoms with E-state index < -0.39 is 0 Å². The third-order valence-electron chi connectivity index (χ3n) is 4.35. The first-order valence-corrected chi connectivity index (χ1v) is 9.31. The summed E-state index contributed by atoms with van der Waals surface area (Å²) >= 11 is 0. The van der Waals surface area contributed by atoms with Crippen molar-refractivity contribution in [1.82, 2.24) is 14.8 Å². The first-order chi connectivity index (χ1) is 14.1. The smallest absolute Gasteiger partial charge is 0.257 e. The van der Waals surface area contributed by atoms with E-state index in [0.717, 1.165) is 16.7 Å². The summed E-state index contributed by atoms with van der Waals surface area (Å²) in [6, 6.07) is 18.7. The van der Waals surface area contributed by atoms with Crippen LogP contribution in [-0.2, 0) is 0 Å². The van der Waals surface area contributed by atoms with Gasteiger partial charge in [-0.25, -0.2) is 9.67 Å². The fourth-order valence-electron chi connectivity index (χ4n) is 2.87. The minimum Gasteiger partial charge on any atom is -0.322 e. The van der Waals surface area contributed by atoms with Crippen LogP contribution in [0.15, 0.2) is 83.3 Å². The largest absolute Gasteiger partial charge is 0.322 e. The van der Waals surface area contributed by atoms with Crippen LogP contribution in [-0.4, -0.2) is 20.7 Å². The molecule has 7 nitrogen and oxygen atoms in total. The number of rotatable bonds is 5. The Morgan fingerprint density at radius 1 is 0.966 bits per heavy atom. The maximum Gasteiger partial charge on any atom is 0.257 e. The van der Waals surface area contributed by atoms with Crippen LogP contribution in [0.25, 0.3) is 11.0 Å². The predicted molar refractivity (Wildman–Crippen MR) is 113 cm³/mol. The minimum absolute atomic E-state index is 0.206. The lowest BCUT2D eigenvalue weighted by molar-refractivity contribution is 0.102. The highest BCUT2D eigenvalue weighted by Gasteiger charge is 2.12. The number of nitrogens with zero attached hydrogens (tertiary/aromatic N) is 5. The molecular weight excluding hydrogens is 364 g/mol. The number of fused-ring (bicyclic) bond motifs is 1. The van der Waals surface area contributed by atoms with Gasteiger partial charge in [-0.2, -0.15) is 15.3 Å². The van der Waals surface area contributed by atoms with Crippen molar-refractivity contribution in [2.75, 3.05) is 5.32 Å². The second kappa shape index (κ2) is 8.02. The number of hydrogen-bond acceptors (Lipinski definition) is 5. The maximum absolute atomic E-state index is 12.6. The number of pyridine rings is 1. The molecule has 2 heterocycles. The Bertz CT molecular complexity index is 1160. The summed E-state index contributed by atoms with van der Waals surface area (Å²) in [6.45, 7) is 4.08. The summed E-state index contributed by atoms with van der Waals surface area (Å²) in [5.74, 6) is -0.227. The van der Waals surface area contributed by atoms with Gasteiger partial charge in [0.1, 0.15) is 0 Å². The number of azo groups is 1. The molecule has 0 aliphatic rings. The van der Waals surface area contributed by atoms with Gasteiger partial charge in [-0.1, -0.05) is 18.2 Å². The topological polar surface area (TPSA) is 84.5 Å². The molecule has 2 aromatic carbocycles. The molecule has 1 amide bonds. The van der Waals surface area contributed by atoms with Crippen molar-refractivity contribution in [3.05, 3.63) is 78.6 Å². The van der Waals surface area contributed by atoms with Crippen molar-refractivity contribution in [2.45, 2.75) is 19.9 Å². The van der Waals surface area contributed by atoms with E-state index in [1.54, 1.807) is 42.7 Å². The third kappa shape index (κ3) is 4.19. The van der Waals surface area contributed by atoms with E-state index in [-0.39, 0.29) is 11.9 Å². The van der Waals surface area contributed by atoms with Gasteiger partial charge in [0, 0.05) is 23.3 Å². The Morgan fingerprint density at radius 3 is 2.34 bits per heavy atom. The minimum atomic E-state index is -0.227. The van der Waals surface area contributed by atoms with Crippen molar-refractivity contribution in [3.63, 3.8) is 0 Å². The van der Waals surface area contributed by atoms with Gasteiger partial charge >= 0.3 is 0 Å². The molecule has 1 N–H and O–H groups in total. The van der Waals surface area contributed by atoms with Crippen LogP contribution in [0.1, 0.15) is 30.2 Å². The van der Waals surface area contributed by atoms with Crippen molar-refractivity contribution < 1.29 is 4.79 Å². The third-order valence-corrected chi connectivity index (χ3v) is 4.35. The average Bonchev–Trinajstić information content (AvgIpc) is 3.17. The molecular formula is C22H20N6O. The molecule has 0 aliphatic carbocycles. The molecule has 0 saturated heterocycles. The fraction of sp³-hybridized carbons (Fsp3) is 0.136. The van der Waals surface area contributed by atoms with Crippen LogP contribution in [0, 0.1) is 0 Å². The van der Waals surface area contributed by atoms with Crippen molar-refractivity contribution in [2.24, 2.45) is 10.2 Å². The zero-order valence-corrected chi connectivity index (χ0v) is 16.1. The summed E-state index contributed by atoms with van der Waals surface area (Å²) in [5, 5.41) is 16.4. The number of amides is 1. The van der Waals surface area contributed by atoms with Gasteiger partial charge in [-0.05, 0) is 56.3 Å². The monoisotopic (exact) mass is 384 g/mol. The van der Waals surface area contributed by atoms with E-state index in [4.69, 9.17) is 0 Å². The first-order valence-electron chi connectivity index (χ1n) is 9.31. The van der Waals surface area contributed by atoms with E-state index in [0.29, 0.717) is 16.9 Å². The molecule has 144 valence electrons. The van der Waals surface area contributed by atoms with Gasteiger partial charge in [0.05, 0.1) is 23.1 Å². The molecule has 0 spiro atoms. The lowest BCUT2D eigenvalue weighted by atomic mass is 10.2. The standard InChI is InChI=1S/C22H20N6O/c1-15(2)28-21-16(14-24-28)12-17(13-23-21)22(29)25-18-8-10-20(11-9-18)27-26-19-6-4-3-5-7-19/h3-15H,1-2H3,(H,25,29). The molecule has 0 fully saturated rings. The highest BCUT2D eigenvalue weighted by atomic mass is 16.1. The number of carbonyl (C=O) groups excluding carboxylic acids is 1. The zero-order valence-electron chi connectivity index (χ0n) is 16.1. The Labute approximate surface area is 168 Å². The maximum atomic E-state index is 12.6. The molecule has 0 bridgehead atoms. The lowest BCUT2D eigenvalue weighted by Crippen LogP contribution is -2.12. The number of carbonyl (C=O) groups is 1. The van der Waals surface area contributed by atoms with E-state index in [1.165, 1.54) is 0 Å². The van der Waals surface area contributed by atoms with Gasteiger partial charge in [-0.3, -0.25) is 4.79 Å². The average molecular weight is 384 g/mol. The summed E-state index contributed by atoms with van der Waals surface area (Å²) in [7, 11) is 0. The molecule has 4 aromatic rings. The second-order valence-corrected chi connectivity index (χ2v) is 6.86. The molecule has 0 radical (unpaired) electrons. The van der Waals surface area contributed by atoms with Crippen molar-refractivity contribution in [3.8, 4) is 0 Å².